The number of carboxylic acids is 1. The molecule has 20 heavy (non-hydrogen) atoms. The summed E-state index contributed by atoms with van der Waals surface area (Å²) in [5.41, 5.74) is 0. The quantitative estimate of drug-likeness (QED) is 0.526. The Kier molecular flexibility index (Phi) is 7.61. The van der Waals surface area contributed by atoms with E-state index in [-0.39, 0.29) is 5.75 Å². The molecule has 0 amide bonds. The molecule has 0 unspecified atom stereocenters. The van der Waals surface area contributed by atoms with E-state index < -0.39 is 5.97 Å². The highest BCUT2D eigenvalue weighted by Gasteiger charge is 2.14. The summed E-state index contributed by atoms with van der Waals surface area (Å²) in [4.78, 5) is 10.7. The summed E-state index contributed by atoms with van der Waals surface area (Å²) in [5, 5.41) is 17.7. The molecule has 7 heteroatoms. The number of hydrogen-bond donors (Lipinski definition) is 1. The second kappa shape index (κ2) is 8.97. The Balaban J connectivity index is 2.69. The highest BCUT2D eigenvalue weighted by molar-refractivity contribution is 7.99. The van der Waals surface area contributed by atoms with Crippen LogP contribution in [0.15, 0.2) is 5.16 Å². The maximum absolute atomic E-state index is 10.7. The average Bonchev–Trinajstić information content (AvgIpc) is 2.74. The summed E-state index contributed by atoms with van der Waals surface area (Å²) < 4.78 is 7.35. The lowest BCUT2D eigenvalue weighted by molar-refractivity contribution is -0.133. The molecule has 0 fully saturated rings. The summed E-state index contributed by atoms with van der Waals surface area (Å²) in [7, 11) is 0. The lowest BCUT2D eigenvalue weighted by Gasteiger charge is -2.12. The molecule has 0 saturated carbocycles. The Morgan fingerprint density at radius 1 is 1.45 bits per heavy atom. The molecule has 0 radical (unpaired) electrons. The SMILES string of the molecule is CCOCCCc1nnc(SCC(=O)O)n1CC(C)C. The van der Waals surface area contributed by atoms with Gasteiger partial charge in [-0.25, -0.2) is 0 Å². The van der Waals surface area contributed by atoms with E-state index in [1.54, 1.807) is 0 Å². The van der Waals surface area contributed by atoms with Gasteiger partial charge in [-0.3, -0.25) is 4.79 Å². The molecule has 0 bridgehead atoms. The zero-order chi connectivity index (χ0) is 15.0. The third-order valence-corrected chi connectivity index (χ3v) is 3.51. The molecule has 1 aromatic heterocycles. The van der Waals surface area contributed by atoms with Crippen molar-refractivity contribution in [3.05, 3.63) is 5.82 Å². The van der Waals surface area contributed by atoms with Crippen molar-refractivity contribution >= 4 is 17.7 Å². The van der Waals surface area contributed by atoms with Gasteiger partial charge in [0.2, 0.25) is 0 Å². The van der Waals surface area contributed by atoms with Crippen molar-refractivity contribution in [1.82, 2.24) is 14.8 Å². The highest BCUT2D eigenvalue weighted by Crippen LogP contribution is 2.19. The van der Waals surface area contributed by atoms with Crippen LogP contribution in [0.5, 0.6) is 0 Å². The molecule has 1 N–H and O–H groups in total. The minimum absolute atomic E-state index is 0.00910. The zero-order valence-electron chi connectivity index (χ0n) is 12.3. The van der Waals surface area contributed by atoms with Crippen molar-refractivity contribution in [3.63, 3.8) is 0 Å². The summed E-state index contributed by atoms with van der Waals surface area (Å²) >= 11 is 1.22. The van der Waals surface area contributed by atoms with Gasteiger partial charge >= 0.3 is 5.97 Å². The van der Waals surface area contributed by atoms with E-state index in [9.17, 15) is 4.79 Å². The van der Waals surface area contributed by atoms with Gasteiger partial charge in [0.25, 0.3) is 0 Å². The molecular formula is C13H23N3O3S. The van der Waals surface area contributed by atoms with Crippen molar-refractivity contribution in [2.45, 2.75) is 45.3 Å². The fourth-order valence-electron chi connectivity index (χ4n) is 1.76. The largest absolute Gasteiger partial charge is 0.481 e. The van der Waals surface area contributed by atoms with Gasteiger partial charge in [-0.15, -0.1) is 10.2 Å². The van der Waals surface area contributed by atoms with Crippen LogP contribution in [0, 0.1) is 5.92 Å². The van der Waals surface area contributed by atoms with Crippen LogP contribution in [-0.2, 0) is 22.5 Å². The number of nitrogens with zero attached hydrogens (tertiary/aromatic N) is 3. The number of aryl methyl sites for hydroxylation is 1. The van der Waals surface area contributed by atoms with Gasteiger partial charge in [-0.1, -0.05) is 25.6 Å². The Labute approximate surface area is 123 Å². The van der Waals surface area contributed by atoms with E-state index in [2.05, 4.69) is 24.0 Å². The Morgan fingerprint density at radius 2 is 2.20 bits per heavy atom. The van der Waals surface area contributed by atoms with Crippen LogP contribution in [0.1, 0.15) is 33.0 Å². The third kappa shape index (κ3) is 5.92. The molecule has 114 valence electrons. The van der Waals surface area contributed by atoms with Crippen LogP contribution >= 0.6 is 11.8 Å². The first-order valence-electron chi connectivity index (χ1n) is 6.89. The van der Waals surface area contributed by atoms with Crippen LogP contribution in [-0.4, -0.2) is 44.8 Å². The first-order valence-corrected chi connectivity index (χ1v) is 7.87. The molecule has 1 rings (SSSR count). The van der Waals surface area contributed by atoms with Crippen molar-refractivity contribution in [2.24, 2.45) is 5.92 Å². The van der Waals surface area contributed by atoms with Crippen LogP contribution in [0.2, 0.25) is 0 Å². The molecular weight excluding hydrogens is 278 g/mol. The van der Waals surface area contributed by atoms with Crippen LogP contribution in [0.25, 0.3) is 0 Å². The number of aliphatic carboxylic acids is 1. The standard InChI is InChI=1S/C13H23N3O3S/c1-4-19-7-5-6-11-14-15-13(20-9-12(17)18)16(11)8-10(2)3/h10H,4-9H2,1-3H3,(H,17,18). The van der Waals surface area contributed by atoms with E-state index in [0.29, 0.717) is 17.7 Å². The highest BCUT2D eigenvalue weighted by atomic mass is 32.2. The van der Waals surface area contributed by atoms with E-state index in [0.717, 1.165) is 31.8 Å². The number of thioether (sulfide) groups is 1. The van der Waals surface area contributed by atoms with Gasteiger partial charge in [0, 0.05) is 26.2 Å². The maximum Gasteiger partial charge on any atom is 0.313 e. The number of carbonyl (C=O) groups is 1. The van der Waals surface area contributed by atoms with Crippen molar-refractivity contribution < 1.29 is 14.6 Å². The molecule has 0 aliphatic carbocycles. The first kappa shape index (κ1) is 17.0. The van der Waals surface area contributed by atoms with Gasteiger partial charge in [-0.2, -0.15) is 0 Å². The molecule has 1 aromatic rings. The molecule has 0 aliphatic heterocycles. The monoisotopic (exact) mass is 301 g/mol. The minimum Gasteiger partial charge on any atom is -0.481 e. The van der Waals surface area contributed by atoms with Gasteiger partial charge in [-0.05, 0) is 19.3 Å². The number of ether oxygens (including phenoxy) is 1. The molecule has 1 heterocycles. The average molecular weight is 301 g/mol. The first-order chi connectivity index (χ1) is 9.54. The predicted octanol–water partition coefficient (Wildman–Crippen LogP) is 2.08. The maximum atomic E-state index is 10.7. The number of carboxylic acid groups (broad SMARTS) is 1. The van der Waals surface area contributed by atoms with E-state index >= 15 is 0 Å². The molecule has 0 aliphatic rings. The van der Waals surface area contributed by atoms with Gasteiger partial charge in [0.15, 0.2) is 5.16 Å². The zero-order valence-corrected chi connectivity index (χ0v) is 13.2. The molecule has 6 nitrogen and oxygen atoms in total. The second-order valence-corrected chi connectivity index (χ2v) is 5.83. The topological polar surface area (TPSA) is 77.2 Å². The Bertz CT molecular complexity index is 421. The number of hydrogen-bond acceptors (Lipinski definition) is 5. The minimum atomic E-state index is -0.841. The van der Waals surface area contributed by atoms with E-state index in [1.807, 2.05) is 11.5 Å². The summed E-state index contributed by atoms with van der Waals surface area (Å²) in [6, 6.07) is 0. The van der Waals surface area contributed by atoms with E-state index in [1.165, 1.54) is 11.8 Å². The molecule has 0 spiro atoms. The van der Waals surface area contributed by atoms with Crippen molar-refractivity contribution in [2.75, 3.05) is 19.0 Å². The summed E-state index contributed by atoms with van der Waals surface area (Å²) in [6.07, 6.45) is 1.70. The number of rotatable bonds is 10. The Morgan fingerprint density at radius 3 is 2.80 bits per heavy atom. The molecule has 0 atom stereocenters. The smallest absolute Gasteiger partial charge is 0.313 e. The summed E-state index contributed by atoms with van der Waals surface area (Å²) in [5.74, 6) is 0.536. The van der Waals surface area contributed by atoms with E-state index in [4.69, 9.17) is 9.84 Å². The van der Waals surface area contributed by atoms with Crippen molar-refractivity contribution in [3.8, 4) is 0 Å². The third-order valence-electron chi connectivity index (χ3n) is 2.56. The normalized spacial score (nSPS) is 11.2. The molecule has 0 aromatic carbocycles. The molecule has 0 saturated heterocycles. The van der Waals surface area contributed by atoms with Gasteiger partial charge in [0.1, 0.15) is 5.82 Å². The van der Waals surface area contributed by atoms with Gasteiger partial charge < -0.3 is 14.4 Å². The number of aromatic nitrogens is 3. The Hall–Kier alpha value is -1.08. The predicted molar refractivity (Wildman–Crippen MR) is 78.0 cm³/mol. The fourth-order valence-corrected chi connectivity index (χ4v) is 2.45. The lowest BCUT2D eigenvalue weighted by Crippen LogP contribution is -2.11. The fraction of sp³-hybridized carbons (Fsp3) is 0.769. The van der Waals surface area contributed by atoms with Crippen LogP contribution < -0.4 is 0 Å². The van der Waals surface area contributed by atoms with Crippen molar-refractivity contribution in [1.29, 1.82) is 0 Å². The van der Waals surface area contributed by atoms with Crippen LogP contribution in [0.3, 0.4) is 0 Å². The van der Waals surface area contributed by atoms with Gasteiger partial charge in [0.05, 0.1) is 5.75 Å². The second-order valence-electron chi connectivity index (χ2n) is 4.89. The van der Waals surface area contributed by atoms with Crippen LogP contribution in [0.4, 0.5) is 0 Å². The summed E-state index contributed by atoms with van der Waals surface area (Å²) in [6.45, 7) is 8.45. The lowest BCUT2D eigenvalue weighted by atomic mass is 10.2.